The average molecular weight is 429 g/mol. The molecular formula is C23H28N2O2S2. The molecule has 0 bridgehead atoms. The van der Waals surface area contributed by atoms with Crippen LogP contribution in [0.25, 0.3) is 6.08 Å². The molecule has 0 radical (unpaired) electrons. The zero-order valence-corrected chi connectivity index (χ0v) is 18.7. The van der Waals surface area contributed by atoms with Crippen molar-refractivity contribution in [3.8, 4) is 0 Å². The molecule has 2 fully saturated rings. The van der Waals surface area contributed by atoms with E-state index in [1.807, 2.05) is 54.3 Å². The Morgan fingerprint density at radius 3 is 2.62 bits per heavy atom. The molecule has 0 aromatic heterocycles. The normalized spacial score (nSPS) is 20.1. The van der Waals surface area contributed by atoms with Crippen LogP contribution in [0.15, 0.2) is 46.9 Å². The molecule has 3 rings (SSSR count). The van der Waals surface area contributed by atoms with Crippen molar-refractivity contribution in [1.82, 2.24) is 9.80 Å². The lowest BCUT2D eigenvalue weighted by Gasteiger charge is -2.30. The fourth-order valence-electron chi connectivity index (χ4n) is 3.56. The Morgan fingerprint density at radius 2 is 1.93 bits per heavy atom. The van der Waals surface area contributed by atoms with Crippen LogP contribution in [0, 0.1) is 5.92 Å². The highest BCUT2D eigenvalue weighted by molar-refractivity contribution is 8.26. The first-order valence-electron chi connectivity index (χ1n) is 10.2. The molecule has 0 unspecified atom stereocenters. The summed E-state index contributed by atoms with van der Waals surface area (Å²) in [5.41, 5.74) is 2.11. The molecule has 29 heavy (non-hydrogen) atoms. The van der Waals surface area contributed by atoms with E-state index in [1.165, 1.54) is 11.8 Å². The van der Waals surface area contributed by atoms with E-state index in [0.29, 0.717) is 34.5 Å². The van der Waals surface area contributed by atoms with Gasteiger partial charge in [-0.25, -0.2) is 0 Å². The van der Waals surface area contributed by atoms with Gasteiger partial charge >= 0.3 is 0 Å². The van der Waals surface area contributed by atoms with E-state index >= 15 is 0 Å². The van der Waals surface area contributed by atoms with Crippen molar-refractivity contribution in [3.05, 3.63) is 52.4 Å². The van der Waals surface area contributed by atoms with Crippen LogP contribution in [0.4, 0.5) is 0 Å². The molecule has 2 aliphatic heterocycles. The zero-order valence-electron chi connectivity index (χ0n) is 17.1. The van der Waals surface area contributed by atoms with Gasteiger partial charge in [0.05, 0.1) is 4.91 Å². The second-order valence-corrected chi connectivity index (χ2v) is 9.48. The third-order valence-electron chi connectivity index (χ3n) is 5.33. The molecule has 0 atom stereocenters. The molecule has 2 aliphatic rings. The minimum Gasteiger partial charge on any atom is -0.343 e. The second kappa shape index (κ2) is 10.2. The molecule has 2 amide bonds. The van der Waals surface area contributed by atoms with E-state index < -0.39 is 0 Å². The van der Waals surface area contributed by atoms with Crippen LogP contribution >= 0.6 is 24.0 Å². The number of hydrogen-bond donors (Lipinski definition) is 0. The first-order valence-corrected chi connectivity index (χ1v) is 11.4. The first kappa shape index (κ1) is 21.8. The minimum absolute atomic E-state index is 0.0555. The standard InChI is InChI=1S/C23H28N2O2S2/c1-17-10-13-24(14-11-17)21(26)9-6-12-25-22(27)20(29-23(25)28)16-18(2)15-19-7-4-3-5-8-19/h3-5,7-8,15-17H,6,9-14H2,1-2H3/b18-15+,20-16-. The number of hydrogen-bond acceptors (Lipinski definition) is 4. The Bertz CT molecular complexity index is 825. The fraction of sp³-hybridized carbons (Fsp3) is 0.435. The number of likely N-dealkylation sites (tertiary alicyclic amines) is 1. The van der Waals surface area contributed by atoms with Crippen molar-refractivity contribution in [1.29, 1.82) is 0 Å². The van der Waals surface area contributed by atoms with Crippen LogP contribution in [0.5, 0.6) is 0 Å². The third kappa shape index (κ3) is 6.03. The maximum Gasteiger partial charge on any atom is 0.266 e. The molecular weight excluding hydrogens is 400 g/mol. The van der Waals surface area contributed by atoms with Gasteiger partial charge in [0.15, 0.2) is 0 Å². The number of piperidine rings is 1. The van der Waals surface area contributed by atoms with Crippen LogP contribution in [0.2, 0.25) is 0 Å². The Kier molecular flexibility index (Phi) is 7.67. The number of benzene rings is 1. The SMILES string of the molecule is CC(/C=C1\SC(=S)N(CCCC(=O)N2CCC(C)CC2)C1=O)=C\c1ccccc1. The molecule has 4 nitrogen and oxygen atoms in total. The van der Waals surface area contributed by atoms with Crippen molar-refractivity contribution in [2.24, 2.45) is 5.92 Å². The number of carbonyl (C=O) groups is 2. The highest BCUT2D eigenvalue weighted by Crippen LogP contribution is 2.32. The molecule has 154 valence electrons. The third-order valence-corrected chi connectivity index (χ3v) is 6.71. The van der Waals surface area contributed by atoms with Gasteiger partial charge in [0.25, 0.3) is 5.91 Å². The van der Waals surface area contributed by atoms with Gasteiger partial charge in [-0.2, -0.15) is 0 Å². The van der Waals surface area contributed by atoms with Gasteiger partial charge < -0.3 is 4.90 Å². The number of allylic oxidation sites excluding steroid dienone is 2. The van der Waals surface area contributed by atoms with E-state index in [9.17, 15) is 9.59 Å². The lowest BCUT2D eigenvalue weighted by Crippen LogP contribution is -2.38. The summed E-state index contributed by atoms with van der Waals surface area (Å²) in [5.74, 6) is 0.847. The van der Waals surface area contributed by atoms with E-state index in [2.05, 4.69) is 6.92 Å². The average Bonchev–Trinajstić information content (AvgIpc) is 2.96. The molecule has 1 aromatic carbocycles. The van der Waals surface area contributed by atoms with Crippen LogP contribution in [-0.4, -0.2) is 45.6 Å². The number of rotatable bonds is 6. The van der Waals surface area contributed by atoms with Gasteiger partial charge in [0, 0.05) is 26.1 Å². The van der Waals surface area contributed by atoms with Gasteiger partial charge in [-0.05, 0) is 49.3 Å². The summed E-state index contributed by atoms with van der Waals surface area (Å²) in [6.07, 6.45) is 7.22. The summed E-state index contributed by atoms with van der Waals surface area (Å²) in [7, 11) is 0. The predicted molar refractivity (Wildman–Crippen MR) is 124 cm³/mol. The van der Waals surface area contributed by atoms with Gasteiger partial charge in [-0.3, -0.25) is 14.5 Å². The summed E-state index contributed by atoms with van der Waals surface area (Å²) in [5, 5.41) is 0. The zero-order chi connectivity index (χ0) is 20.8. The van der Waals surface area contributed by atoms with Crippen molar-refractivity contribution in [2.45, 2.75) is 39.5 Å². The van der Waals surface area contributed by atoms with E-state index in [4.69, 9.17) is 12.2 Å². The number of thiocarbonyl (C=S) groups is 1. The molecule has 0 aliphatic carbocycles. The van der Waals surface area contributed by atoms with Crippen LogP contribution in [0.3, 0.4) is 0 Å². The summed E-state index contributed by atoms with van der Waals surface area (Å²) < 4.78 is 0.577. The number of thioether (sulfide) groups is 1. The summed E-state index contributed by atoms with van der Waals surface area (Å²) >= 11 is 6.75. The van der Waals surface area contributed by atoms with Crippen molar-refractivity contribution in [2.75, 3.05) is 19.6 Å². The number of carbonyl (C=O) groups excluding carboxylic acids is 2. The van der Waals surface area contributed by atoms with Crippen LogP contribution < -0.4 is 0 Å². The van der Waals surface area contributed by atoms with Gasteiger partial charge in [-0.15, -0.1) is 0 Å². The summed E-state index contributed by atoms with van der Waals surface area (Å²) in [6, 6.07) is 10.0. The number of nitrogens with zero attached hydrogens (tertiary/aromatic N) is 2. The van der Waals surface area contributed by atoms with Crippen molar-refractivity contribution >= 4 is 46.2 Å². The maximum atomic E-state index is 12.7. The highest BCUT2D eigenvalue weighted by atomic mass is 32.2. The molecule has 2 heterocycles. The van der Waals surface area contributed by atoms with Crippen LogP contribution in [-0.2, 0) is 9.59 Å². The van der Waals surface area contributed by atoms with Gasteiger partial charge in [-0.1, -0.05) is 67.3 Å². The topological polar surface area (TPSA) is 40.6 Å². The fourth-order valence-corrected chi connectivity index (χ4v) is 4.92. The molecule has 2 saturated heterocycles. The van der Waals surface area contributed by atoms with Gasteiger partial charge in [0.1, 0.15) is 4.32 Å². The molecule has 6 heteroatoms. The monoisotopic (exact) mass is 428 g/mol. The Morgan fingerprint density at radius 1 is 1.24 bits per heavy atom. The maximum absolute atomic E-state index is 12.7. The summed E-state index contributed by atoms with van der Waals surface area (Å²) in [4.78, 5) is 29.4. The lowest BCUT2D eigenvalue weighted by molar-refractivity contribution is -0.133. The second-order valence-electron chi connectivity index (χ2n) is 7.80. The van der Waals surface area contributed by atoms with Crippen LogP contribution in [0.1, 0.15) is 45.1 Å². The Labute approximate surface area is 183 Å². The van der Waals surface area contributed by atoms with Crippen molar-refractivity contribution < 1.29 is 9.59 Å². The highest BCUT2D eigenvalue weighted by Gasteiger charge is 2.31. The minimum atomic E-state index is -0.0555. The number of amides is 2. The van der Waals surface area contributed by atoms with Crippen molar-refractivity contribution in [3.63, 3.8) is 0 Å². The molecule has 1 aromatic rings. The summed E-state index contributed by atoms with van der Waals surface area (Å²) in [6.45, 7) is 6.44. The largest absolute Gasteiger partial charge is 0.343 e. The Hall–Kier alpha value is -1.92. The first-order chi connectivity index (χ1) is 13.9. The quantitative estimate of drug-likeness (QED) is 0.479. The van der Waals surface area contributed by atoms with E-state index in [1.54, 1.807) is 4.90 Å². The van der Waals surface area contributed by atoms with E-state index in [0.717, 1.165) is 37.1 Å². The Balaban J connectivity index is 1.52. The molecule has 0 saturated carbocycles. The molecule has 0 spiro atoms. The predicted octanol–water partition coefficient (Wildman–Crippen LogP) is 4.87. The van der Waals surface area contributed by atoms with E-state index in [-0.39, 0.29) is 11.8 Å². The lowest BCUT2D eigenvalue weighted by atomic mass is 9.99. The smallest absolute Gasteiger partial charge is 0.266 e. The molecule has 0 N–H and O–H groups in total. The van der Waals surface area contributed by atoms with Gasteiger partial charge in [0.2, 0.25) is 5.91 Å².